The lowest BCUT2D eigenvalue weighted by molar-refractivity contribution is -0.122. The van der Waals surface area contributed by atoms with Crippen LogP contribution >= 0.6 is 0 Å². The van der Waals surface area contributed by atoms with Crippen LogP contribution in [0.5, 0.6) is 11.5 Å². The summed E-state index contributed by atoms with van der Waals surface area (Å²) in [6.45, 7) is 2.01. The summed E-state index contributed by atoms with van der Waals surface area (Å²) in [5.41, 5.74) is 1.72. The number of carbonyl (C=O) groups excluding carboxylic acids is 2. The fourth-order valence-electron chi connectivity index (χ4n) is 3.61. The summed E-state index contributed by atoms with van der Waals surface area (Å²) >= 11 is 0. The summed E-state index contributed by atoms with van der Waals surface area (Å²) in [6, 6.07) is 14.4. The van der Waals surface area contributed by atoms with Crippen molar-refractivity contribution in [2.45, 2.75) is 45.1 Å². The first kappa shape index (κ1) is 25.7. The number of unbranched alkanes of at least 4 members (excludes halogenated alkanes) is 2. The first-order chi connectivity index (χ1) is 17.0. The number of aryl methyl sites for hydroxylation is 1. The second kappa shape index (κ2) is 13.1. The molecule has 9 nitrogen and oxygen atoms in total. The number of benzene rings is 2. The van der Waals surface area contributed by atoms with Gasteiger partial charge in [-0.05, 0) is 54.8 Å². The molecule has 9 heteroatoms. The van der Waals surface area contributed by atoms with Gasteiger partial charge < -0.3 is 24.6 Å². The molecule has 2 N–H and O–H groups in total. The summed E-state index contributed by atoms with van der Waals surface area (Å²) in [4.78, 5) is 28.5. The molecule has 0 saturated carbocycles. The Morgan fingerprint density at radius 1 is 0.943 bits per heavy atom. The molecule has 0 radical (unpaired) electrons. The molecule has 0 aliphatic heterocycles. The van der Waals surface area contributed by atoms with Crippen LogP contribution in [0.15, 0.2) is 53.1 Å². The van der Waals surface area contributed by atoms with Crippen molar-refractivity contribution in [2.24, 2.45) is 0 Å². The summed E-state index contributed by atoms with van der Waals surface area (Å²) in [5, 5.41) is 9.82. The zero-order chi connectivity index (χ0) is 25.0. The van der Waals surface area contributed by atoms with Crippen molar-refractivity contribution in [3.8, 4) is 22.9 Å². The highest BCUT2D eigenvalue weighted by Crippen LogP contribution is 2.21. The molecular formula is C26H32N4O5. The van der Waals surface area contributed by atoms with Gasteiger partial charge in [0.2, 0.25) is 23.5 Å². The third-order valence-electron chi connectivity index (χ3n) is 5.49. The van der Waals surface area contributed by atoms with Crippen LogP contribution in [-0.2, 0) is 16.0 Å². The average Bonchev–Trinajstić information content (AvgIpc) is 3.34. The number of carbonyl (C=O) groups is 2. The summed E-state index contributed by atoms with van der Waals surface area (Å²) < 4.78 is 15.7. The van der Waals surface area contributed by atoms with Gasteiger partial charge in [-0.1, -0.05) is 23.7 Å². The Labute approximate surface area is 205 Å². The minimum absolute atomic E-state index is 0.111. The Bertz CT molecular complexity index is 1080. The fraction of sp³-hybridized carbons (Fsp3) is 0.385. The number of ether oxygens (including phenoxy) is 2. The average molecular weight is 481 g/mol. The van der Waals surface area contributed by atoms with E-state index in [1.165, 1.54) is 6.92 Å². The largest absolute Gasteiger partial charge is 0.497 e. The van der Waals surface area contributed by atoms with E-state index in [0.717, 1.165) is 41.9 Å². The highest BCUT2D eigenvalue weighted by Gasteiger charge is 2.17. The highest BCUT2D eigenvalue weighted by molar-refractivity contribution is 5.79. The smallest absolute Gasteiger partial charge is 0.226 e. The molecular weight excluding hydrogens is 448 g/mol. The Hall–Kier alpha value is -3.88. The first-order valence-electron chi connectivity index (χ1n) is 11.6. The zero-order valence-electron chi connectivity index (χ0n) is 20.4. The van der Waals surface area contributed by atoms with Gasteiger partial charge in [0.1, 0.15) is 11.5 Å². The second-order valence-corrected chi connectivity index (χ2v) is 8.13. The van der Waals surface area contributed by atoms with Crippen molar-refractivity contribution in [3.63, 3.8) is 0 Å². The molecule has 0 spiro atoms. The van der Waals surface area contributed by atoms with Crippen LogP contribution in [0.4, 0.5) is 0 Å². The summed E-state index contributed by atoms with van der Waals surface area (Å²) in [5.74, 6) is 2.35. The van der Waals surface area contributed by atoms with E-state index in [0.29, 0.717) is 24.7 Å². The Morgan fingerprint density at radius 3 is 2.23 bits per heavy atom. The molecule has 0 aliphatic rings. The maximum Gasteiger partial charge on any atom is 0.226 e. The first-order valence-corrected chi connectivity index (χ1v) is 11.6. The summed E-state index contributed by atoms with van der Waals surface area (Å²) in [6.07, 6.45) is 3.47. The molecule has 1 aromatic heterocycles. The van der Waals surface area contributed by atoms with Crippen LogP contribution in [0.25, 0.3) is 11.4 Å². The van der Waals surface area contributed by atoms with Gasteiger partial charge in [0.05, 0.1) is 26.7 Å². The quantitative estimate of drug-likeness (QED) is 0.357. The summed E-state index contributed by atoms with van der Waals surface area (Å²) in [7, 11) is 3.22. The lowest BCUT2D eigenvalue weighted by atomic mass is 10.0. The maximum atomic E-state index is 12.4. The Balaban J connectivity index is 1.37. The molecule has 0 bridgehead atoms. The van der Waals surface area contributed by atoms with Gasteiger partial charge in [-0.3, -0.25) is 9.59 Å². The minimum Gasteiger partial charge on any atom is -0.497 e. The van der Waals surface area contributed by atoms with E-state index in [9.17, 15) is 9.59 Å². The van der Waals surface area contributed by atoms with Crippen molar-refractivity contribution >= 4 is 11.8 Å². The SMILES string of the molecule is COc1ccc(-c2noc(CCCCCNC(=O)CC(NC(C)=O)c3ccc(OC)cc3)n2)cc1. The zero-order valence-corrected chi connectivity index (χ0v) is 20.4. The molecule has 0 fully saturated rings. The van der Waals surface area contributed by atoms with E-state index < -0.39 is 6.04 Å². The van der Waals surface area contributed by atoms with E-state index in [-0.39, 0.29) is 18.2 Å². The molecule has 3 rings (SSSR count). The van der Waals surface area contributed by atoms with Crippen LogP contribution < -0.4 is 20.1 Å². The van der Waals surface area contributed by atoms with Gasteiger partial charge in [0.25, 0.3) is 0 Å². The normalized spacial score (nSPS) is 11.5. The highest BCUT2D eigenvalue weighted by atomic mass is 16.5. The molecule has 0 aliphatic carbocycles. The van der Waals surface area contributed by atoms with E-state index in [1.54, 1.807) is 14.2 Å². The van der Waals surface area contributed by atoms with Crippen molar-refractivity contribution in [3.05, 3.63) is 60.0 Å². The van der Waals surface area contributed by atoms with Crippen LogP contribution in [0.2, 0.25) is 0 Å². The molecule has 35 heavy (non-hydrogen) atoms. The monoisotopic (exact) mass is 480 g/mol. The molecule has 2 amide bonds. The van der Waals surface area contributed by atoms with Gasteiger partial charge in [-0.15, -0.1) is 0 Å². The number of amides is 2. The van der Waals surface area contributed by atoms with Crippen LogP contribution in [0.3, 0.4) is 0 Å². The third kappa shape index (κ3) is 8.13. The van der Waals surface area contributed by atoms with E-state index in [1.807, 2.05) is 48.5 Å². The fourth-order valence-corrected chi connectivity index (χ4v) is 3.61. The number of nitrogens with one attached hydrogen (secondary N) is 2. The van der Waals surface area contributed by atoms with Gasteiger partial charge in [0, 0.05) is 25.5 Å². The van der Waals surface area contributed by atoms with Gasteiger partial charge >= 0.3 is 0 Å². The predicted molar refractivity (Wildman–Crippen MR) is 131 cm³/mol. The van der Waals surface area contributed by atoms with Crippen molar-refractivity contribution in [1.82, 2.24) is 20.8 Å². The Kier molecular flexibility index (Phi) is 9.65. The third-order valence-corrected chi connectivity index (χ3v) is 5.49. The van der Waals surface area contributed by atoms with E-state index in [4.69, 9.17) is 14.0 Å². The second-order valence-electron chi connectivity index (χ2n) is 8.13. The number of hydrogen-bond acceptors (Lipinski definition) is 7. The van der Waals surface area contributed by atoms with Crippen LogP contribution in [0.1, 0.15) is 50.1 Å². The van der Waals surface area contributed by atoms with E-state index >= 15 is 0 Å². The Morgan fingerprint density at radius 2 is 1.60 bits per heavy atom. The van der Waals surface area contributed by atoms with Crippen molar-refractivity contribution in [2.75, 3.05) is 20.8 Å². The van der Waals surface area contributed by atoms with E-state index in [2.05, 4.69) is 20.8 Å². The molecule has 3 aromatic rings. The minimum atomic E-state index is -0.393. The molecule has 186 valence electrons. The molecule has 1 atom stereocenters. The molecule has 0 saturated heterocycles. The number of rotatable bonds is 13. The molecule has 1 heterocycles. The number of hydrogen-bond donors (Lipinski definition) is 2. The van der Waals surface area contributed by atoms with Crippen molar-refractivity contribution < 1.29 is 23.6 Å². The molecule has 1 unspecified atom stereocenters. The topological polar surface area (TPSA) is 116 Å². The number of aromatic nitrogens is 2. The predicted octanol–water partition coefficient (Wildman–Crippen LogP) is 3.85. The van der Waals surface area contributed by atoms with Gasteiger partial charge in [-0.2, -0.15) is 4.98 Å². The van der Waals surface area contributed by atoms with Crippen molar-refractivity contribution in [1.29, 1.82) is 0 Å². The number of nitrogens with zero attached hydrogens (tertiary/aromatic N) is 2. The van der Waals surface area contributed by atoms with Crippen LogP contribution in [0, 0.1) is 0 Å². The standard InChI is InChI=1S/C26H32N4O5/c1-18(31)28-23(19-8-12-21(33-2)13-9-19)17-24(32)27-16-6-4-5-7-25-29-26(30-35-25)20-10-14-22(34-3)15-11-20/h8-15,23H,4-7,16-17H2,1-3H3,(H,27,32)(H,28,31). The maximum absolute atomic E-state index is 12.4. The molecule has 2 aromatic carbocycles. The van der Waals surface area contributed by atoms with Gasteiger partial charge in [-0.25, -0.2) is 0 Å². The van der Waals surface area contributed by atoms with Crippen LogP contribution in [-0.4, -0.2) is 42.7 Å². The number of methoxy groups -OCH3 is 2. The lowest BCUT2D eigenvalue weighted by Gasteiger charge is -2.18. The lowest BCUT2D eigenvalue weighted by Crippen LogP contribution is -2.33. The van der Waals surface area contributed by atoms with Gasteiger partial charge in [0.15, 0.2) is 0 Å².